The predicted octanol–water partition coefficient (Wildman–Crippen LogP) is 7.06. The molecule has 0 N–H and O–H groups in total. The summed E-state index contributed by atoms with van der Waals surface area (Å²) in [7, 11) is 5.20. The summed E-state index contributed by atoms with van der Waals surface area (Å²) in [6, 6.07) is 12.5. The molecule has 6 rings (SSSR count). The minimum Gasteiger partial charge on any atom is -0.496 e. The van der Waals surface area contributed by atoms with Crippen LogP contribution in [0.5, 0.6) is 11.5 Å². The molecule has 3 aliphatic rings. The lowest BCUT2D eigenvalue weighted by atomic mass is 9.83. The Hall–Kier alpha value is -4.46. The van der Waals surface area contributed by atoms with Gasteiger partial charge in [-0.15, -0.1) is 0 Å². The molecule has 1 saturated heterocycles. The van der Waals surface area contributed by atoms with E-state index in [1.807, 2.05) is 24.9 Å². The Kier molecular flexibility index (Phi) is 11.2. The van der Waals surface area contributed by atoms with Crippen molar-refractivity contribution in [2.45, 2.75) is 85.5 Å². The zero-order valence-electron chi connectivity index (χ0n) is 33.5. The van der Waals surface area contributed by atoms with Gasteiger partial charge in [-0.25, -0.2) is 0 Å². The first kappa shape index (κ1) is 39.2. The third-order valence-electron chi connectivity index (χ3n) is 12.0. The first-order valence-electron chi connectivity index (χ1n) is 19.2. The van der Waals surface area contributed by atoms with Crippen LogP contribution >= 0.6 is 0 Å². The van der Waals surface area contributed by atoms with Crippen LogP contribution in [0.3, 0.4) is 0 Å². The second-order valence-electron chi connectivity index (χ2n) is 16.6. The van der Waals surface area contributed by atoms with Crippen molar-refractivity contribution in [3.8, 4) is 28.7 Å². The number of benzene rings is 2. The van der Waals surface area contributed by atoms with Gasteiger partial charge in [-0.1, -0.05) is 52.0 Å². The Morgan fingerprint density at radius 2 is 1.76 bits per heavy atom. The summed E-state index contributed by atoms with van der Waals surface area (Å²) in [6.07, 6.45) is 6.36. The molecule has 1 aromatic heterocycles. The van der Waals surface area contributed by atoms with Crippen molar-refractivity contribution in [1.29, 1.82) is 5.26 Å². The smallest absolute Gasteiger partial charge is 0.264 e. The first-order chi connectivity index (χ1) is 25.7. The SMILES string of the molecule is COc1cc(-c2cn(C)c(=O)c(C)c2C)cc(OC)c1CN1CCN(Cc2cccc3c2CCN(C(=O)/C(C#N)=C\C(C)(C)CF)C3C(C)C)CC12CC2. The minimum atomic E-state index is -0.884. The number of nitriles is 1. The zero-order valence-corrected chi connectivity index (χ0v) is 33.5. The van der Waals surface area contributed by atoms with E-state index in [0.29, 0.717) is 19.5 Å². The number of hydrogen-bond donors (Lipinski definition) is 0. The standard InChI is InChI=1S/C44H56FN5O4/c1-28(2)40-35-12-10-11-31(34(35)13-16-50(40)42(52)33(22-46)21-43(5,6)26-45)23-48-17-18-49(44(27-48)14-15-44)25-37-38(53-8)19-32(20-39(37)54-9)36-24-47(7)41(51)30(4)29(36)3/h10-12,19-21,24,28,40H,13-18,23,25-27H2,1-9H3/b33-21-. The number of allylic oxidation sites excluding steroid dienone is 1. The van der Waals surface area contributed by atoms with Crippen LogP contribution in [0.25, 0.3) is 11.1 Å². The molecule has 0 radical (unpaired) electrons. The Morgan fingerprint density at radius 1 is 1.07 bits per heavy atom. The van der Waals surface area contributed by atoms with Gasteiger partial charge >= 0.3 is 0 Å². The van der Waals surface area contributed by atoms with E-state index in [2.05, 4.69) is 60.0 Å². The molecule has 1 spiro atoms. The summed E-state index contributed by atoms with van der Waals surface area (Å²) in [5.41, 5.74) is 7.62. The molecule has 1 saturated carbocycles. The monoisotopic (exact) mass is 737 g/mol. The molecule has 288 valence electrons. The Labute approximate surface area is 320 Å². The quantitative estimate of drug-likeness (QED) is 0.154. The van der Waals surface area contributed by atoms with Crippen LogP contribution < -0.4 is 15.0 Å². The molecule has 1 aliphatic carbocycles. The predicted molar refractivity (Wildman–Crippen MR) is 210 cm³/mol. The van der Waals surface area contributed by atoms with E-state index in [0.717, 1.165) is 83.9 Å². The van der Waals surface area contributed by atoms with Crippen molar-refractivity contribution in [1.82, 2.24) is 19.3 Å². The highest BCUT2D eigenvalue weighted by Gasteiger charge is 2.51. The lowest BCUT2D eigenvalue weighted by Gasteiger charge is -2.44. The number of methoxy groups -OCH3 is 2. The van der Waals surface area contributed by atoms with E-state index < -0.39 is 12.1 Å². The van der Waals surface area contributed by atoms with Gasteiger partial charge in [0, 0.05) is 74.6 Å². The lowest BCUT2D eigenvalue weighted by molar-refractivity contribution is -0.130. The maximum Gasteiger partial charge on any atom is 0.264 e. The van der Waals surface area contributed by atoms with Crippen molar-refractivity contribution in [2.24, 2.45) is 18.4 Å². The number of carbonyl (C=O) groups is 1. The van der Waals surface area contributed by atoms with Gasteiger partial charge in [-0.05, 0) is 79.0 Å². The highest BCUT2D eigenvalue weighted by molar-refractivity contribution is 5.97. The number of fused-ring (bicyclic) bond motifs is 1. The maximum absolute atomic E-state index is 13.8. The molecule has 3 aromatic rings. The number of halogens is 1. The number of ether oxygens (including phenoxy) is 2. The Balaban J connectivity index is 1.21. The fourth-order valence-corrected chi connectivity index (χ4v) is 8.69. The van der Waals surface area contributed by atoms with Gasteiger partial charge in [-0.3, -0.25) is 23.8 Å². The molecule has 3 heterocycles. The summed E-state index contributed by atoms with van der Waals surface area (Å²) < 4.78 is 27.3. The van der Waals surface area contributed by atoms with E-state index in [1.165, 1.54) is 17.2 Å². The van der Waals surface area contributed by atoms with Crippen molar-refractivity contribution in [3.63, 3.8) is 0 Å². The fraction of sp³-hybridized carbons (Fsp3) is 0.523. The Morgan fingerprint density at radius 3 is 2.35 bits per heavy atom. The molecule has 1 unspecified atom stereocenters. The summed E-state index contributed by atoms with van der Waals surface area (Å²) in [5.74, 6) is 1.37. The van der Waals surface area contributed by atoms with Crippen LogP contribution in [0, 0.1) is 36.5 Å². The average molecular weight is 738 g/mol. The second-order valence-corrected chi connectivity index (χ2v) is 16.6. The van der Waals surface area contributed by atoms with E-state index in [4.69, 9.17) is 9.47 Å². The largest absolute Gasteiger partial charge is 0.496 e. The third kappa shape index (κ3) is 7.45. The minimum absolute atomic E-state index is 0.00513. The molecule has 54 heavy (non-hydrogen) atoms. The van der Waals surface area contributed by atoms with Gasteiger partial charge in [0.25, 0.3) is 11.5 Å². The van der Waals surface area contributed by atoms with Crippen LogP contribution in [0.4, 0.5) is 4.39 Å². The van der Waals surface area contributed by atoms with Gasteiger partial charge < -0.3 is 18.9 Å². The number of alkyl halides is 1. The van der Waals surface area contributed by atoms with Crippen LogP contribution in [0.1, 0.15) is 80.0 Å². The van der Waals surface area contributed by atoms with Gasteiger partial charge in [0.1, 0.15) is 23.1 Å². The molecular formula is C44H56FN5O4. The third-order valence-corrected chi connectivity index (χ3v) is 12.0. The fourth-order valence-electron chi connectivity index (χ4n) is 8.69. The number of hydrogen-bond acceptors (Lipinski definition) is 7. The van der Waals surface area contributed by atoms with Crippen molar-refractivity contribution >= 4 is 5.91 Å². The molecular weight excluding hydrogens is 682 g/mol. The maximum atomic E-state index is 13.8. The van der Waals surface area contributed by atoms with Crippen molar-refractivity contribution < 1.29 is 18.7 Å². The molecule has 1 amide bonds. The molecule has 1 atom stereocenters. The number of aromatic nitrogens is 1. The van der Waals surface area contributed by atoms with E-state index in [1.54, 1.807) is 39.7 Å². The summed E-state index contributed by atoms with van der Waals surface area (Å²) >= 11 is 0. The molecule has 10 heteroatoms. The van der Waals surface area contributed by atoms with E-state index in [-0.39, 0.29) is 34.5 Å². The van der Waals surface area contributed by atoms with Gasteiger partial charge in [0.2, 0.25) is 0 Å². The highest BCUT2D eigenvalue weighted by atomic mass is 19.1. The molecule has 9 nitrogen and oxygen atoms in total. The van der Waals surface area contributed by atoms with Gasteiger partial charge in [-0.2, -0.15) is 5.26 Å². The molecule has 2 fully saturated rings. The van der Waals surface area contributed by atoms with Crippen molar-refractivity contribution in [3.05, 3.63) is 91.9 Å². The van der Waals surface area contributed by atoms with Gasteiger partial charge in [0.05, 0.1) is 32.5 Å². The molecule has 2 aromatic carbocycles. The summed E-state index contributed by atoms with van der Waals surface area (Å²) in [5, 5.41) is 9.90. The van der Waals surface area contributed by atoms with Crippen LogP contribution in [0.15, 0.2) is 53.0 Å². The van der Waals surface area contributed by atoms with Crippen LogP contribution in [-0.4, -0.2) is 77.8 Å². The first-order valence-corrected chi connectivity index (χ1v) is 19.2. The molecule has 0 bridgehead atoms. The lowest BCUT2D eigenvalue weighted by Crippen LogP contribution is -2.54. The Bertz CT molecular complexity index is 2030. The second kappa shape index (κ2) is 15.3. The molecule has 2 aliphatic heterocycles. The number of piperazine rings is 1. The van der Waals surface area contributed by atoms with Crippen LogP contribution in [-0.2, 0) is 31.4 Å². The highest BCUT2D eigenvalue weighted by Crippen LogP contribution is 2.47. The van der Waals surface area contributed by atoms with E-state index in [9.17, 15) is 19.2 Å². The number of pyridine rings is 1. The average Bonchev–Trinajstić information content (AvgIpc) is 3.93. The number of aryl methyl sites for hydroxylation is 1. The topological polar surface area (TPSA) is 91.0 Å². The van der Waals surface area contributed by atoms with Crippen LogP contribution in [0.2, 0.25) is 0 Å². The zero-order chi connectivity index (χ0) is 39.1. The van der Waals surface area contributed by atoms with Gasteiger partial charge in [0.15, 0.2) is 0 Å². The summed E-state index contributed by atoms with van der Waals surface area (Å²) in [6.45, 7) is 15.7. The van der Waals surface area contributed by atoms with E-state index >= 15 is 0 Å². The van der Waals surface area contributed by atoms with Crippen molar-refractivity contribution in [2.75, 3.05) is 47.1 Å². The number of amides is 1. The number of rotatable bonds is 11. The normalized spacial score (nSPS) is 18.8. The number of nitrogens with zero attached hydrogens (tertiary/aromatic N) is 5. The summed E-state index contributed by atoms with van der Waals surface area (Å²) in [4.78, 5) is 33.4. The number of carbonyl (C=O) groups excluding carboxylic acids is 1.